The normalized spacial score (nSPS) is 11.3. The van der Waals surface area contributed by atoms with Crippen LogP contribution in [-0.4, -0.2) is 65.3 Å². The summed E-state index contributed by atoms with van der Waals surface area (Å²) >= 11 is 6.13. The highest BCUT2D eigenvalue weighted by Gasteiger charge is 2.16. The Labute approximate surface area is 208 Å². The van der Waals surface area contributed by atoms with Gasteiger partial charge in [0.2, 0.25) is 5.95 Å². The number of anilines is 4. The summed E-state index contributed by atoms with van der Waals surface area (Å²) < 4.78 is 8.67. The number of ether oxygens (including phenoxy) is 1. The lowest BCUT2D eigenvalue weighted by Crippen LogP contribution is -2.29. The average Bonchev–Trinajstić information content (AvgIpc) is 3.07. The summed E-state index contributed by atoms with van der Waals surface area (Å²) in [7, 11) is 9.34. The maximum atomic E-state index is 13.0. The van der Waals surface area contributed by atoms with Crippen LogP contribution in [0.3, 0.4) is 0 Å². The molecule has 11 heteroatoms. The molecule has 0 spiro atoms. The van der Waals surface area contributed by atoms with Gasteiger partial charge in [0.15, 0.2) is 0 Å². The van der Waals surface area contributed by atoms with Gasteiger partial charge in [0.1, 0.15) is 11.6 Å². The lowest BCUT2D eigenvalue weighted by molar-refractivity contribution is 0.413. The number of fused-ring (bicyclic) bond motifs is 1. The highest BCUT2D eigenvalue weighted by atomic mass is 35.5. The van der Waals surface area contributed by atoms with E-state index in [1.54, 1.807) is 50.7 Å². The molecule has 0 aliphatic carbocycles. The molecule has 2 aromatic heterocycles. The number of benzene rings is 2. The van der Waals surface area contributed by atoms with Gasteiger partial charge >= 0.3 is 5.69 Å². The number of likely N-dealkylation sites (N-methyl/N-ethyl adjacent to an activating group) is 2. The van der Waals surface area contributed by atoms with Crippen LogP contribution >= 0.6 is 11.6 Å². The van der Waals surface area contributed by atoms with Crippen LogP contribution in [0, 0.1) is 0 Å². The summed E-state index contributed by atoms with van der Waals surface area (Å²) in [5.41, 5.74) is 9.61. The van der Waals surface area contributed by atoms with Crippen molar-refractivity contribution in [2.24, 2.45) is 7.05 Å². The molecule has 10 nitrogen and oxygen atoms in total. The number of hydrogen-bond acceptors (Lipinski definition) is 8. The van der Waals surface area contributed by atoms with Gasteiger partial charge in [0.05, 0.1) is 35.2 Å². The van der Waals surface area contributed by atoms with E-state index in [1.165, 1.54) is 9.13 Å². The van der Waals surface area contributed by atoms with E-state index in [1.807, 2.05) is 27.2 Å². The predicted octanol–water partition coefficient (Wildman–Crippen LogP) is 3.10. The smallest absolute Gasteiger partial charge is 0.334 e. The molecule has 0 aliphatic heterocycles. The van der Waals surface area contributed by atoms with Gasteiger partial charge in [-0.3, -0.25) is 4.57 Å². The fourth-order valence-corrected chi connectivity index (χ4v) is 4.01. The molecule has 2 aromatic carbocycles. The first kappa shape index (κ1) is 24.4. The second-order valence-corrected chi connectivity index (χ2v) is 8.95. The van der Waals surface area contributed by atoms with E-state index in [-0.39, 0.29) is 5.69 Å². The van der Waals surface area contributed by atoms with Crippen molar-refractivity contribution in [2.75, 3.05) is 57.3 Å². The Morgan fingerprint density at radius 1 is 1.11 bits per heavy atom. The summed E-state index contributed by atoms with van der Waals surface area (Å²) in [5.74, 6) is 1.32. The number of methoxy groups -OCH3 is 1. The molecule has 0 saturated carbocycles. The van der Waals surface area contributed by atoms with Crippen LogP contribution in [0.1, 0.15) is 0 Å². The molecular weight excluding hydrogens is 468 g/mol. The van der Waals surface area contributed by atoms with E-state index in [0.717, 1.165) is 18.8 Å². The lowest BCUT2D eigenvalue weighted by Gasteiger charge is -2.24. The first-order valence-corrected chi connectivity index (χ1v) is 11.4. The molecule has 4 aromatic rings. The highest BCUT2D eigenvalue weighted by molar-refractivity contribution is 6.31. The van der Waals surface area contributed by atoms with Crippen molar-refractivity contribution >= 4 is 45.6 Å². The quantitative estimate of drug-likeness (QED) is 0.358. The Balaban J connectivity index is 1.68. The molecule has 0 radical (unpaired) electrons. The second kappa shape index (κ2) is 9.85. The number of aromatic nitrogens is 4. The predicted molar refractivity (Wildman–Crippen MR) is 142 cm³/mol. The van der Waals surface area contributed by atoms with Crippen molar-refractivity contribution in [3.63, 3.8) is 0 Å². The third-order valence-corrected chi connectivity index (χ3v) is 6.01. The molecule has 0 unspecified atom stereocenters. The van der Waals surface area contributed by atoms with E-state index in [2.05, 4.69) is 25.1 Å². The summed E-state index contributed by atoms with van der Waals surface area (Å²) in [4.78, 5) is 26.1. The summed E-state index contributed by atoms with van der Waals surface area (Å²) in [6.07, 6.45) is 1.59. The van der Waals surface area contributed by atoms with Gasteiger partial charge in [-0.1, -0.05) is 11.6 Å². The van der Waals surface area contributed by atoms with Crippen LogP contribution in [0.25, 0.3) is 16.9 Å². The first-order chi connectivity index (χ1) is 16.7. The van der Waals surface area contributed by atoms with Crippen molar-refractivity contribution in [2.45, 2.75) is 0 Å². The molecule has 0 amide bonds. The Morgan fingerprint density at radius 3 is 2.60 bits per heavy atom. The molecule has 35 heavy (non-hydrogen) atoms. The number of imidazole rings is 1. The molecule has 0 atom stereocenters. The van der Waals surface area contributed by atoms with Gasteiger partial charge in [-0.2, -0.15) is 4.98 Å². The third kappa shape index (κ3) is 4.89. The summed E-state index contributed by atoms with van der Waals surface area (Å²) in [6, 6.07) is 10.6. The molecule has 0 bridgehead atoms. The highest BCUT2D eigenvalue weighted by Crippen LogP contribution is 2.36. The number of hydrogen-bond donors (Lipinski definition) is 2. The number of halogens is 1. The van der Waals surface area contributed by atoms with E-state index < -0.39 is 0 Å². The zero-order chi connectivity index (χ0) is 25.3. The summed E-state index contributed by atoms with van der Waals surface area (Å²) in [6.45, 7) is 1.70. The minimum absolute atomic E-state index is 0.237. The second-order valence-electron chi connectivity index (χ2n) is 8.51. The van der Waals surface area contributed by atoms with Gasteiger partial charge in [0.25, 0.3) is 0 Å². The van der Waals surface area contributed by atoms with Crippen molar-refractivity contribution in [3.05, 3.63) is 58.1 Å². The Morgan fingerprint density at radius 2 is 1.89 bits per heavy atom. The van der Waals surface area contributed by atoms with Gasteiger partial charge < -0.3 is 25.6 Å². The number of rotatable bonds is 8. The third-order valence-electron chi connectivity index (χ3n) is 5.78. The lowest BCUT2D eigenvalue weighted by atomic mass is 10.2. The van der Waals surface area contributed by atoms with Crippen LogP contribution in [-0.2, 0) is 7.05 Å². The monoisotopic (exact) mass is 496 g/mol. The standard InChI is InChI=1S/C24H29ClN8O2/c1-30(2)10-11-31(3)19-14-21(35-5)17(13-16(19)26)28-23-27-9-8-22(29-23)33-18-7-6-15(25)12-20(18)32(4)24(33)34/h6-9,12-14H,10-11,26H2,1-5H3,(H,27,28,29). The van der Waals surface area contributed by atoms with Crippen LogP contribution in [0.15, 0.2) is 47.4 Å². The van der Waals surface area contributed by atoms with E-state index >= 15 is 0 Å². The van der Waals surface area contributed by atoms with E-state index in [4.69, 9.17) is 22.1 Å². The van der Waals surface area contributed by atoms with Gasteiger partial charge in [-0.15, -0.1) is 0 Å². The summed E-state index contributed by atoms with van der Waals surface area (Å²) in [5, 5.41) is 3.73. The SMILES string of the molecule is COc1cc(N(C)CCN(C)C)c(N)cc1Nc1nccc(-n2c(=O)n(C)c3cc(Cl)ccc32)n1. The minimum Gasteiger partial charge on any atom is -0.494 e. The number of nitrogens with two attached hydrogens (primary N) is 1. The number of nitrogens with one attached hydrogen (secondary N) is 1. The zero-order valence-corrected chi connectivity index (χ0v) is 21.2. The van der Waals surface area contributed by atoms with Crippen LogP contribution in [0.5, 0.6) is 5.75 Å². The molecular formula is C24H29ClN8O2. The van der Waals surface area contributed by atoms with Gasteiger partial charge in [-0.25, -0.2) is 14.3 Å². The van der Waals surface area contributed by atoms with Crippen molar-refractivity contribution < 1.29 is 4.74 Å². The van der Waals surface area contributed by atoms with Gasteiger partial charge in [-0.05, 0) is 38.4 Å². The van der Waals surface area contributed by atoms with Crippen molar-refractivity contribution in [3.8, 4) is 11.6 Å². The maximum Gasteiger partial charge on any atom is 0.334 e. The zero-order valence-electron chi connectivity index (χ0n) is 20.4. The molecule has 184 valence electrons. The molecule has 3 N–H and O–H groups in total. The van der Waals surface area contributed by atoms with Crippen molar-refractivity contribution in [1.82, 2.24) is 24.0 Å². The minimum atomic E-state index is -0.237. The number of nitrogen functional groups attached to an aromatic ring is 1. The first-order valence-electron chi connectivity index (χ1n) is 11.0. The maximum absolute atomic E-state index is 13.0. The molecule has 0 aliphatic rings. The largest absolute Gasteiger partial charge is 0.494 e. The average molecular weight is 497 g/mol. The van der Waals surface area contributed by atoms with E-state index in [0.29, 0.717) is 44.9 Å². The Kier molecular flexibility index (Phi) is 6.86. The van der Waals surface area contributed by atoms with Gasteiger partial charge in [0, 0.05) is 50.5 Å². The molecule has 4 rings (SSSR count). The Bertz CT molecular complexity index is 1430. The molecule has 0 saturated heterocycles. The number of aryl methyl sites for hydroxylation is 1. The van der Waals surface area contributed by atoms with E-state index in [9.17, 15) is 4.79 Å². The number of nitrogens with zero attached hydrogens (tertiary/aromatic N) is 6. The Hall–Kier alpha value is -3.76. The van der Waals surface area contributed by atoms with Crippen molar-refractivity contribution in [1.29, 1.82) is 0 Å². The topological polar surface area (TPSA) is 106 Å². The fraction of sp³-hybridized carbons (Fsp3) is 0.292. The van der Waals surface area contributed by atoms with Crippen LogP contribution in [0.2, 0.25) is 5.02 Å². The van der Waals surface area contributed by atoms with Crippen LogP contribution in [0.4, 0.5) is 23.0 Å². The van der Waals surface area contributed by atoms with Crippen LogP contribution < -0.4 is 26.4 Å². The fourth-order valence-electron chi connectivity index (χ4n) is 3.84. The molecule has 2 heterocycles. The molecule has 0 fully saturated rings.